The number of nitrogens with zero attached hydrogens (tertiary/aromatic N) is 2. The van der Waals surface area contributed by atoms with Gasteiger partial charge in [-0.2, -0.15) is 0 Å². The van der Waals surface area contributed by atoms with Crippen molar-refractivity contribution >= 4 is 11.6 Å². The van der Waals surface area contributed by atoms with Crippen LogP contribution in [0.25, 0.3) is 5.65 Å². The molecule has 0 radical (unpaired) electrons. The molecular formula is C14H19N3O4. The largest absolute Gasteiger partial charge is 0.456 e. The standard InChI is InChI=1S/C14H19N3O4/c1-14(2,3)21-13(20)10-8-16-17-11(10)15-7-9(12(17)19)5-4-6-18/h7-8,16,18H,4-6H2,1-3H3. The smallest absolute Gasteiger partial charge is 0.344 e. The van der Waals surface area contributed by atoms with Crippen molar-refractivity contribution < 1.29 is 14.6 Å². The lowest BCUT2D eigenvalue weighted by atomic mass is 10.2. The minimum atomic E-state index is -0.618. The molecule has 2 rings (SSSR count). The van der Waals surface area contributed by atoms with Crippen LogP contribution in [-0.4, -0.2) is 37.9 Å². The van der Waals surface area contributed by atoms with Gasteiger partial charge in [0.2, 0.25) is 0 Å². The third-order valence-corrected chi connectivity index (χ3v) is 2.83. The lowest BCUT2D eigenvalue weighted by Crippen LogP contribution is -2.24. The van der Waals surface area contributed by atoms with E-state index in [1.165, 1.54) is 16.9 Å². The van der Waals surface area contributed by atoms with Gasteiger partial charge in [-0.15, -0.1) is 0 Å². The minimum absolute atomic E-state index is 0.00995. The minimum Gasteiger partial charge on any atom is -0.456 e. The van der Waals surface area contributed by atoms with Crippen molar-refractivity contribution in [3.8, 4) is 0 Å². The summed E-state index contributed by atoms with van der Waals surface area (Å²) in [5.41, 5.74) is 0.0484. The molecule has 114 valence electrons. The molecule has 2 heterocycles. The first kappa shape index (κ1) is 15.2. The highest BCUT2D eigenvalue weighted by Crippen LogP contribution is 2.14. The maximum atomic E-state index is 12.2. The molecule has 0 spiro atoms. The van der Waals surface area contributed by atoms with Crippen molar-refractivity contribution in [2.24, 2.45) is 0 Å². The van der Waals surface area contributed by atoms with E-state index in [9.17, 15) is 9.59 Å². The quantitative estimate of drug-likeness (QED) is 0.816. The molecule has 0 fully saturated rings. The summed E-state index contributed by atoms with van der Waals surface area (Å²) in [5.74, 6) is -0.531. The number of nitrogens with one attached hydrogen (secondary N) is 1. The number of rotatable bonds is 4. The third-order valence-electron chi connectivity index (χ3n) is 2.83. The lowest BCUT2D eigenvalue weighted by Gasteiger charge is -2.18. The van der Waals surface area contributed by atoms with Crippen molar-refractivity contribution in [2.45, 2.75) is 39.2 Å². The fourth-order valence-electron chi connectivity index (χ4n) is 1.92. The van der Waals surface area contributed by atoms with Crippen LogP contribution in [0.15, 0.2) is 17.2 Å². The summed E-state index contributed by atoms with van der Waals surface area (Å²) in [6.07, 6.45) is 3.78. The predicted molar refractivity (Wildman–Crippen MR) is 76.4 cm³/mol. The number of fused-ring (bicyclic) bond motifs is 1. The summed E-state index contributed by atoms with van der Waals surface area (Å²) in [5, 5.41) is 11.5. The van der Waals surface area contributed by atoms with Crippen LogP contribution in [0, 0.1) is 0 Å². The number of carbonyl (C=O) groups is 1. The third kappa shape index (κ3) is 3.30. The molecule has 7 nitrogen and oxygen atoms in total. The molecule has 0 unspecified atom stereocenters. The highest BCUT2D eigenvalue weighted by Gasteiger charge is 2.22. The molecule has 0 saturated carbocycles. The Bertz CT molecular complexity index is 709. The zero-order chi connectivity index (χ0) is 15.6. The number of hydrogen-bond donors (Lipinski definition) is 2. The fourth-order valence-corrected chi connectivity index (χ4v) is 1.92. The van der Waals surface area contributed by atoms with Gasteiger partial charge in [0.25, 0.3) is 5.56 Å². The number of esters is 1. The number of ether oxygens (including phenoxy) is 1. The SMILES string of the molecule is CC(C)(C)OC(=O)c1c[nH]n2c(=O)c(CCCO)cnc12. The molecule has 2 N–H and O–H groups in total. The van der Waals surface area contributed by atoms with Crippen LogP contribution in [0.1, 0.15) is 43.1 Å². The highest BCUT2D eigenvalue weighted by atomic mass is 16.6. The predicted octanol–water partition coefficient (Wildman–Crippen LogP) is 0.903. The van der Waals surface area contributed by atoms with E-state index in [0.717, 1.165) is 0 Å². The number of aryl methyl sites for hydroxylation is 1. The maximum Gasteiger partial charge on any atom is 0.344 e. The molecule has 2 aromatic heterocycles. The van der Waals surface area contributed by atoms with E-state index >= 15 is 0 Å². The molecule has 0 aliphatic heterocycles. The number of aromatic nitrogens is 3. The molecule has 0 aromatic carbocycles. The Balaban J connectivity index is 2.39. The number of aromatic amines is 1. The first-order valence-corrected chi connectivity index (χ1v) is 6.75. The first-order chi connectivity index (χ1) is 9.83. The second kappa shape index (κ2) is 5.69. The number of carbonyl (C=O) groups excluding carboxylic acids is 1. The van der Waals surface area contributed by atoms with Gasteiger partial charge in [0.15, 0.2) is 5.65 Å². The summed E-state index contributed by atoms with van der Waals surface area (Å²) in [4.78, 5) is 28.4. The lowest BCUT2D eigenvalue weighted by molar-refractivity contribution is 0.00715. The second-order valence-electron chi connectivity index (χ2n) is 5.76. The summed E-state index contributed by atoms with van der Waals surface area (Å²) in [6.45, 7) is 5.32. The van der Waals surface area contributed by atoms with E-state index in [-0.39, 0.29) is 23.4 Å². The number of H-pyrrole nitrogens is 1. The maximum absolute atomic E-state index is 12.2. The molecule has 0 aliphatic rings. The van der Waals surface area contributed by atoms with Crippen LogP contribution in [0.5, 0.6) is 0 Å². The molecule has 2 aromatic rings. The molecule has 0 amide bonds. The van der Waals surface area contributed by atoms with E-state index in [4.69, 9.17) is 9.84 Å². The summed E-state index contributed by atoms with van der Waals surface area (Å²) in [7, 11) is 0. The van der Waals surface area contributed by atoms with Gasteiger partial charge in [0.1, 0.15) is 11.2 Å². The van der Waals surface area contributed by atoms with Crippen LogP contribution in [0.2, 0.25) is 0 Å². The number of aliphatic hydroxyl groups is 1. The van der Waals surface area contributed by atoms with Gasteiger partial charge in [-0.1, -0.05) is 0 Å². The van der Waals surface area contributed by atoms with Crippen LogP contribution in [-0.2, 0) is 11.2 Å². The van der Waals surface area contributed by atoms with E-state index < -0.39 is 11.6 Å². The zero-order valence-corrected chi connectivity index (χ0v) is 12.3. The van der Waals surface area contributed by atoms with E-state index in [1.54, 1.807) is 20.8 Å². The van der Waals surface area contributed by atoms with E-state index in [0.29, 0.717) is 18.4 Å². The average molecular weight is 293 g/mol. The van der Waals surface area contributed by atoms with E-state index in [2.05, 4.69) is 10.1 Å². The Kier molecular flexibility index (Phi) is 4.13. The van der Waals surface area contributed by atoms with Crippen molar-refractivity contribution in [3.63, 3.8) is 0 Å². The number of aliphatic hydroxyl groups excluding tert-OH is 1. The second-order valence-corrected chi connectivity index (χ2v) is 5.76. The van der Waals surface area contributed by atoms with Crippen LogP contribution in [0.3, 0.4) is 0 Å². The average Bonchev–Trinajstić information content (AvgIpc) is 2.80. The summed E-state index contributed by atoms with van der Waals surface area (Å²) in [6, 6.07) is 0. The van der Waals surface area contributed by atoms with Gasteiger partial charge >= 0.3 is 5.97 Å². The topological polar surface area (TPSA) is 96.7 Å². The van der Waals surface area contributed by atoms with Crippen molar-refractivity contribution in [1.82, 2.24) is 14.6 Å². The summed E-state index contributed by atoms with van der Waals surface area (Å²) < 4.78 is 6.49. The zero-order valence-electron chi connectivity index (χ0n) is 12.3. The Morgan fingerprint density at radius 2 is 2.19 bits per heavy atom. The van der Waals surface area contributed by atoms with Gasteiger partial charge < -0.3 is 9.84 Å². The van der Waals surface area contributed by atoms with E-state index in [1.807, 2.05) is 0 Å². The fraction of sp³-hybridized carbons (Fsp3) is 0.500. The first-order valence-electron chi connectivity index (χ1n) is 6.75. The van der Waals surface area contributed by atoms with Gasteiger partial charge in [0, 0.05) is 24.6 Å². The Morgan fingerprint density at radius 3 is 2.81 bits per heavy atom. The van der Waals surface area contributed by atoms with Crippen LogP contribution < -0.4 is 5.56 Å². The van der Waals surface area contributed by atoms with Crippen LogP contribution in [0.4, 0.5) is 0 Å². The Labute approximate surface area is 121 Å². The normalized spacial score (nSPS) is 11.8. The van der Waals surface area contributed by atoms with Gasteiger partial charge in [-0.3, -0.25) is 9.89 Å². The van der Waals surface area contributed by atoms with Gasteiger partial charge in [-0.25, -0.2) is 14.3 Å². The van der Waals surface area contributed by atoms with Crippen molar-refractivity contribution in [2.75, 3.05) is 6.61 Å². The van der Waals surface area contributed by atoms with Crippen molar-refractivity contribution in [3.05, 3.63) is 33.9 Å². The molecule has 0 saturated heterocycles. The number of hydrogen-bond acceptors (Lipinski definition) is 5. The molecule has 7 heteroatoms. The van der Waals surface area contributed by atoms with Crippen molar-refractivity contribution in [1.29, 1.82) is 0 Å². The van der Waals surface area contributed by atoms with Gasteiger partial charge in [-0.05, 0) is 33.6 Å². The molecule has 0 aliphatic carbocycles. The highest BCUT2D eigenvalue weighted by molar-refractivity contribution is 5.95. The molecular weight excluding hydrogens is 274 g/mol. The molecule has 0 bridgehead atoms. The van der Waals surface area contributed by atoms with Gasteiger partial charge in [0.05, 0.1) is 0 Å². The summed E-state index contributed by atoms with van der Waals surface area (Å²) >= 11 is 0. The Hall–Kier alpha value is -2.15. The molecule has 0 atom stereocenters. The Morgan fingerprint density at radius 1 is 1.48 bits per heavy atom. The van der Waals surface area contributed by atoms with Crippen LogP contribution >= 0.6 is 0 Å². The molecule has 21 heavy (non-hydrogen) atoms. The monoisotopic (exact) mass is 293 g/mol.